The molecule has 1 aromatic carbocycles. The fourth-order valence-corrected chi connectivity index (χ4v) is 1.01. The van der Waals surface area contributed by atoms with Gasteiger partial charge in [-0.05, 0) is 11.6 Å². The first-order chi connectivity index (χ1) is 5.74. The minimum Gasteiger partial charge on any atom is -0.314 e. The second-order valence-corrected chi connectivity index (χ2v) is 2.58. The lowest BCUT2D eigenvalue weighted by molar-refractivity contribution is -0.0732. The Morgan fingerprint density at radius 2 is 2.17 bits per heavy atom. The van der Waals surface area contributed by atoms with Gasteiger partial charge < -0.3 is 5.21 Å². The Kier molecular flexibility index (Phi) is 2.81. The standard InChI is InChI=1S/C9H10N2O/c1-11(12)7-9-5-3-2-4-8(9)6-10/h2-5,12H,7H2,1H3. The Balaban J connectivity index is 2.91. The lowest BCUT2D eigenvalue weighted by Gasteiger charge is -2.08. The minimum absolute atomic E-state index is 0.379. The second-order valence-electron chi connectivity index (χ2n) is 2.58. The maximum absolute atomic E-state index is 8.95. The van der Waals surface area contributed by atoms with Crippen LogP contribution >= 0.6 is 0 Å². The maximum Gasteiger partial charge on any atom is 0.0995 e. The van der Waals surface area contributed by atoms with Gasteiger partial charge in [-0.1, -0.05) is 18.2 Å². The Bertz CT molecular complexity index is 302. The average Bonchev–Trinajstić information content (AvgIpc) is 2.04. The molecule has 1 N–H and O–H groups in total. The highest BCUT2D eigenvalue weighted by Gasteiger charge is 2.01. The third-order valence-electron chi connectivity index (χ3n) is 1.54. The van der Waals surface area contributed by atoms with Gasteiger partial charge in [0.25, 0.3) is 0 Å². The van der Waals surface area contributed by atoms with E-state index in [1.165, 1.54) is 0 Å². The molecule has 0 aromatic heterocycles. The molecule has 62 valence electrons. The molecule has 3 heteroatoms. The molecule has 0 atom stereocenters. The molecule has 0 amide bonds. The number of hydrogen-bond donors (Lipinski definition) is 1. The Morgan fingerprint density at radius 1 is 1.50 bits per heavy atom. The maximum atomic E-state index is 8.95. The van der Waals surface area contributed by atoms with Crippen molar-refractivity contribution in [3.8, 4) is 6.07 Å². The highest BCUT2D eigenvalue weighted by Crippen LogP contribution is 2.08. The summed E-state index contributed by atoms with van der Waals surface area (Å²) in [6, 6.07) is 9.27. The smallest absolute Gasteiger partial charge is 0.0995 e. The van der Waals surface area contributed by atoms with Crippen molar-refractivity contribution in [2.24, 2.45) is 0 Å². The summed E-state index contributed by atoms with van der Waals surface area (Å²) in [6.45, 7) is 0.379. The van der Waals surface area contributed by atoms with E-state index in [4.69, 9.17) is 10.5 Å². The van der Waals surface area contributed by atoms with E-state index in [0.717, 1.165) is 10.6 Å². The molecule has 0 unspecified atom stereocenters. The first-order valence-corrected chi connectivity index (χ1v) is 3.62. The molecular weight excluding hydrogens is 152 g/mol. The van der Waals surface area contributed by atoms with E-state index < -0.39 is 0 Å². The molecule has 0 bridgehead atoms. The molecule has 0 spiro atoms. The lowest BCUT2D eigenvalue weighted by Crippen LogP contribution is -2.12. The number of nitrogens with zero attached hydrogens (tertiary/aromatic N) is 2. The van der Waals surface area contributed by atoms with Gasteiger partial charge in [-0.2, -0.15) is 10.3 Å². The van der Waals surface area contributed by atoms with Crippen LogP contribution in [0.4, 0.5) is 0 Å². The van der Waals surface area contributed by atoms with Crippen LogP contribution in [-0.4, -0.2) is 17.3 Å². The molecule has 12 heavy (non-hydrogen) atoms. The van der Waals surface area contributed by atoms with Crippen LogP contribution < -0.4 is 0 Å². The predicted molar refractivity (Wildman–Crippen MR) is 44.4 cm³/mol. The molecule has 0 saturated carbocycles. The molecule has 0 aliphatic rings. The summed E-state index contributed by atoms with van der Waals surface area (Å²) < 4.78 is 0. The van der Waals surface area contributed by atoms with Gasteiger partial charge in [0.1, 0.15) is 0 Å². The van der Waals surface area contributed by atoms with Crippen molar-refractivity contribution < 1.29 is 5.21 Å². The molecule has 1 aromatic rings. The van der Waals surface area contributed by atoms with Gasteiger partial charge in [-0.15, -0.1) is 0 Å². The molecule has 0 aliphatic heterocycles. The zero-order valence-corrected chi connectivity index (χ0v) is 6.86. The monoisotopic (exact) mass is 162 g/mol. The van der Waals surface area contributed by atoms with Crippen LogP contribution in [0.15, 0.2) is 24.3 Å². The summed E-state index contributed by atoms with van der Waals surface area (Å²) in [4.78, 5) is 0. The average molecular weight is 162 g/mol. The Morgan fingerprint density at radius 3 is 2.75 bits per heavy atom. The molecule has 3 nitrogen and oxygen atoms in total. The molecule has 0 fully saturated rings. The largest absolute Gasteiger partial charge is 0.314 e. The van der Waals surface area contributed by atoms with E-state index in [2.05, 4.69) is 6.07 Å². The highest BCUT2D eigenvalue weighted by molar-refractivity contribution is 5.36. The van der Waals surface area contributed by atoms with Crippen molar-refractivity contribution in [2.75, 3.05) is 7.05 Å². The van der Waals surface area contributed by atoms with Crippen molar-refractivity contribution in [1.29, 1.82) is 5.26 Å². The summed E-state index contributed by atoms with van der Waals surface area (Å²) in [7, 11) is 1.55. The molecule has 0 saturated heterocycles. The lowest BCUT2D eigenvalue weighted by atomic mass is 10.1. The molecular formula is C9H10N2O. The van der Waals surface area contributed by atoms with Gasteiger partial charge in [-0.3, -0.25) is 0 Å². The van der Waals surface area contributed by atoms with Gasteiger partial charge in [0.2, 0.25) is 0 Å². The molecule has 0 radical (unpaired) electrons. The van der Waals surface area contributed by atoms with Gasteiger partial charge >= 0.3 is 0 Å². The van der Waals surface area contributed by atoms with Gasteiger partial charge in [-0.25, -0.2) is 0 Å². The van der Waals surface area contributed by atoms with Crippen LogP contribution in [0.25, 0.3) is 0 Å². The van der Waals surface area contributed by atoms with Crippen molar-refractivity contribution in [3.63, 3.8) is 0 Å². The summed E-state index contributed by atoms with van der Waals surface area (Å²) >= 11 is 0. The van der Waals surface area contributed by atoms with Crippen LogP contribution in [0.2, 0.25) is 0 Å². The molecule has 1 rings (SSSR count). The van der Waals surface area contributed by atoms with Crippen molar-refractivity contribution in [2.45, 2.75) is 6.54 Å². The van der Waals surface area contributed by atoms with E-state index in [1.807, 2.05) is 12.1 Å². The number of rotatable bonds is 2. The Hall–Kier alpha value is -1.37. The highest BCUT2D eigenvalue weighted by atomic mass is 16.5. The third kappa shape index (κ3) is 2.06. The quantitative estimate of drug-likeness (QED) is 0.668. The van der Waals surface area contributed by atoms with Crippen molar-refractivity contribution in [3.05, 3.63) is 35.4 Å². The van der Waals surface area contributed by atoms with Crippen LogP contribution in [0.1, 0.15) is 11.1 Å². The SMILES string of the molecule is CN(O)Cc1ccccc1C#N. The van der Waals surface area contributed by atoms with E-state index in [-0.39, 0.29) is 0 Å². The number of hydrogen-bond acceptors (Lipinski definition) is 3. The normalized spacial score (nSPS) is 9.83. The van der Waals surface area contributed by atoms with E-state index in [1.54, 1.807) is 19.2 Å². The van der Waals surface area contributed by atoms with Gasteiger partial charge in [0.15, 0.2) is 0 Å². The third-order valence-corrected chi connectivity index (χ3v) is 1.54. The van der Waals surface area contributed by atoms with E-state index >= 15 is 0 Å². The summed E-state index contributed by atoms with van der Waals surface area (Å²) in [5.74, 6) is 0. The molecule has 0 aliphatic carbocycles. The van der Waals surface area contributed by atoms with Crippen LogP contribution in [0.5, 0.6) is 0 Å². The number of hydroxylamine groups is 2. The number of nitriles is 1. The topological polar surface area (TPSA) is 47.3 Å². The van der Waals surface area contributed by atoms with Crippen LogP contribution in [0, 0.1) is 11.3 Å². The number of benzene rings is 1. The zero-order chi connectivity index (χ0) is 8.97. The summed E-state index contributed by atoms with van der Waals surface area (Å²) in [6.07, 6.45) is 0. The van der Waals surface area contributed by atoms with Crippen molar-refractivity contribution >= 4 is 0 Å². The van der Waals surface area contributed by atoms with E-state index in [0.29, 0.717) is 12.1 Å². The first-order valence-electron chi connectivity index (χ1n) is 3.62. The second kappa shape index (κ2) is 3.86. The zero-order valence-electron chi connectivity index (χ0n) is 6.86. The fourth-order valence-electron chi connectivity index (χ4n) is 1.01. The predicted octanol–water partition coefficient (Wildman–Crippen LogP) is 1.38. The van der Waals surface area contributed by atoms with E-state index in [9.17, 15) is 0 Å². The van der Waals surface area contributed by atoms with Crippen molar-refractivity contribution in [1.82, 2.24) is 5.06 Å². The summed E-state index contributed by atoms with van der Waals surface area (Å²) in [5, 5.41) is 18.7. The van der Waals surface area contributed by atoms with Crippen LogP contribution in [0.3, 0.4) is 0 Å². The summed E-state index contributed by atoms with van der Waals surface area (Å²) in [5.41, 5.74) is 1.45. The van der Waals surface area contributed by atoms with Gasteiger partial charge in [0, 0.05) is 13.6 Å². The first kappa shape index (κ1) is 8.72. The molecule has 0 heterocycles. The fraction of sp³-hybridized carbons (Fsp3) is 0.222. The Labute approximate surface area is 71.4 Å². The minimum atomic E-state index is 0.379. The van der Waals surface area contributed by atoms with Crippen LogP contribution in [-0.2, 0) is 6.54 Å². The van der Waals surface area contributed by atoms with Gasteiger partial charge in [0.05, 0.1) is 11.6 Å².